The molecule has 0 aromatic carbocycles. The van der Waals surface area contributed by atoms with Crippen LogP contribution >= 0.6 is 0 Å². The molecule has 5 heteroatoms. The van der Waals surface area contributed by atoms with E-state index in [4.69, 9.17) is 10.5 Å². The van der Waals surface area contributed by atoms with Gasteiger partial charge in [0, 0.05) is 12.0 Å². The Kier molecular flexibility index (Phi) is 4.80. The van der Waals surface area contributed by atoms with Crippen molar-refractivity contribution in [2.75, 3.05) is 13.2 Å². The Labute approximate surface area is 114 Å². The zero-order valence-electron chi connectivity index (χ0n) is 11.6. The minimum absolute atomic E-state index is 0.0168. The van der Waals surface area contributed by atoms with Gasteiger partial charge in [-0.2, -0.15) is 0 Å². The summed E-state index contributed by atoms with van der Waals surface area (Å²) in [6.45, 7) is 2.07. The van der Waals surface area contributed by atoms with Crippen molar-refractivity contribution in [3.63, 3.8) is 0 Å². The van der Waals surface area contributed by atoms with Crippen LogP contribution in [0, 0.1) is 17.8 Å². The van der Waals surface area contributed by atoms with Crippen LogP contribution in [0.3, 0.4) is 0 Å². The number of carbonyl (C=O) groups excluding carboxylic acids is 2. The van der Waals surface area contributed by atoms with Crippen LogP contribution in [0.1, 0.15) is 39.0 Å². The molecule has 1 amide bonds. The number of rotatable bonds is 4. The van der Waals surface area contributed by atoms with Crippen molar-refractivity contribution in [1.29, 1.82) is 0 Å². The summed E-state index contributed by atoms with van der Waals surface area (Å²) < 4.78 is 4.80. The molecule has 0 aromatic rings. The summed E-state index contributed by atoms with van der Waals surface area (Å²) in [7, 11) is 0. The largest absolute Gasteiger partial charge is 0.465 e. The molecule has 19 heavy (non-hydrogen) atoms. The van der Waals surface area contributed by atoms with Crippen molar-refractivity contribution in [2.45, 2.75) is 45.1 Å². The van der Waals surface area contributed by atoms with Crippen LogP contribution in [0.5, 0.6) is 0 Å². The maximum absolute atomic E-state index is 12.1. The molecule has 2 unspecified atom stereocenters. The number of hydrogen-bond donors (Lipinski definition) is 2. The van der Waals surface area contributed by atoms with Crippen LogP contribution < -0.4 is 11.1 Å². The second-order valence-corrected chi connectivity index (χ2v) is 5.72. The van der Waals surface area contributed by atoms with Gasteiger partial charge in [-0.25, -0.2) is 0 Å². The van der Waals surface area contributed by atoms with E-state index in [-0.39, 0.29) is 30.4 Å². The third-order valence-electron chi connectivity index (χ3n) is 4.50. The van der Waals surface area contributed by atoms with Crippen LogP contribution in [0.2, 0.25) is 0 Å². The lowest BCUT2D eigenvalue weighted by atomic mass is 9.65. The molecule has 2 bridgehead atoms. The van der Waals surface area contributed by atoms with Gasteiger partial charge in [0.2, 0.25) is 5.91 Å². The number of nitrogens with one attached hydrogen (secondary N) is 1. The Bertz CT molecular complexity index is 332. The predicted molar refractivity (Wildman–Crippen MR) is 71.2 cm³/mol. The van der Waals surface area contributed by atoms with E-state index in [0.717, 1.165) is 25.7 Å². The highest BCUT2D eigenvalue weighted by Crippen LogP contribution is 2.41. The van der Waals surface area contributed by atoms with Crippen LogP contribution in [0.4, 0.5) is 0 Å². The van der Waals surface area contributed by atoms with Crippen molar-refractivity contribution in [2.24, 2.45) is 23.5 Å². The van der Waals surface area contributed by atoms with E-state index in [1.165, 1.54) is 6.42 Å². The first-order chi connectivity index (χ1) is 9.11. The highest BCUT2D eigenvalue weighted by molar-refractivity contribution is 5.83. The minimum Gasteiger partial charge on any atom is -0.465 e. The predicted octanol–water partition coefficient (Wildman–Crippen LogP) is 0.819. The van der Waals surface area contributed by atoms with Gasteiger partial charge in [0.15, 0.2) is 0 Å². The Hall–Kier alpha value is -1.10. The molecule has 0 radical (unpaired) electrons. The van der Waals surface area contributed by atoms with Crippen LogP contribution in [0.25, 0.3) is 0 Å². The minimum atomic E-state index is -0.372. The number of amides is 1. The number of fused-ring (bicyclic) bond motifs is 2. The van der Waals surface area contributed by atoms with E-state index in [9.17, 15) is 9.59 Å². The molecule has 108 valence electrons. The number of ether oxygens (including phenoxy) is 1. The van der Waals surface area contributed by atoms with Crippen LogP contribution in [-0.2, 0) is 14.3 Å². The quantitative estimate of drug-likeness (QED) is 0.740. The fourth-order valence-electron chi connectivity index (χ4n) is 3.52. The lowest BCUT2D eigenvalue weighted by Crippen LogP contribution is -2.49. The fraction of sp³-hybridized carbons (Fsp3) is 0.857. The topological polar surface area (TPSA) is 81.4 Å². The molecular formula is C14H24N2O3. The molecule has 2 aliphatic rings. The van der Waals surface area contributed by atoms with Gasteiger partial charge in [0.1, 0.15) is 6.54 Å². The van der Waals surface area contributed by atoms with Crippen molar-refractivity contribution in [3.05, 3.63) is 0 Å². The molecule has 2 rings (SSSR count). The van der Waals surface area contributed by atoms with Gasteiger partial charge < -0.3 is 15.8 Å². The SMILES string of the molecule is CCOC(=O)CNC(=O)C1CC2CCCC(C1)C2N. The van der Waals surface area contributed by atoms with Gasteiger partial charge in [-0.1, -0.05) is 6.42 Å². The van der Waals surface area contributed by atoms with Gasteiger partial charge in [-0.15, -0.1) is 0 Å². The molecule has 3 N–H and O–H groups in total. The Morgan fingerprint density at radius 3 is 2.47 bits per heavy atom. The summed E-state index contributed by atoms with van der Waals surface area (Å²) in [4.78, 5) is 23.3. The van der Waals surface area contributed by atoms with Gasteiger partial charge in [0.05, 0.1) is 6.61 Å². The molecule has 0 aromatic heterocycles. The Morgan fingerprint density at radius 1 is 1.26 bits per heavy atom. The summed E-state index contributed by atoms with van der Waals surface area (Å²) in [5.74, 6) is 0.585. The third-order valence-corrected chi connectivity index (χ3v) is 4.50. The molecule has 2 atom stereocenters. The normalized spacial score (nSPS) is 33.6. The first kappa shape index (κ1) is 14.3. The molecule has 5 nitrogen and oxygen atoms in total. The second kappa shape index (κ2) is 6.37. The summed E-state index contributed by atoms with van der Waals surface area (Å²) in [6, 6.07) is 0.267. The standard InChI is InChI=1S/C14H24N2O3/c1-2-19-12(17)8-16-14(18)11-6-9-4-3-5-10(7-11)13(9)15/h9-11,13H,2-8,15H2,1H3,(H,16,18). The number of hydrogen-bond acceptors (Lipinski definition) is 4. The monoisotopic (exact) mass is 268 g/mol. The van der Waals surface area contributed by atoms with E-state index in [2.05, 4.69) is 5.32 Å². The lowest BCUT2D eigenvalue weighted by molar-refractivity contribution is -0.144. The number of nitrogens with two attached hydrogens (primary N) is 1. The van der Waals surface area contributed by atoms with Gasteiger partial charge in [-0.05, 0) is 44.4 Å². The van der Waals surface area contributed by atoms with Gasteiger partial charge in [-0.3, -0.25) is 9.59 Å². The van der Waals surface area contributed by atoms with Crippen molar-refractivity contribution in [1.82, 2.24) is 5.32 Å². The number of esters is 1. The van der Waals surface area contributed by atoms with E-state index >= 15 is 0 Å². The van der Waals surface area contributed by atoms with Crippen LogP contribution in [-0.4, -0.2) is 31.1 Å². The van der Waals surface area contributed by atoms with Gasteiger partial charge >= 0.3 is 5.97 Å². The van der Waals surface area contributed by atoms with E-state index < -0.39 is 0 Å². The van der Waals surface area contributed by atoms with Crippen molar-refractivity contribution >= 4 is 11.9 Å². The van der Waals surface area contributed by atoms with Crippen molar-refractivity contribution < 1.29 is 14.3 Å². The Balaban J connectivity index is 1.82. The van der Waals surface area contributed by atoms with Gasteiger partial charge in [0.25, 0.3) is 0 Å². The van der Waals surface area contributed by atoms with E-state index in [1.807, 2.05) is 0 Å². The number of carbonyl (C=O) groups is 2. The summed E-state index contributed by atoms with van der Waals surface area (Å²) >= 11 is 0. The average molecular weight is 268 g/mol. The third kappa shape index (κ3) is 3.47. The first-order valence-electron chi connectivity index (χ1n) is 7.30. The zero-order chi connectivity index (χ0) is 13.8. The zero-order valence-corrected chi connectivity index (χ0v) is 11.6. The molecule has 2 saturated carbocycles. The summed E-state index contributed by atoms with van der Waals surface area (Å²) in [5.41, 5.74) is 6.20. The fourth-order valence-corrected chi connectivity index (χ4v) is 3.52. The molecule has 2 aliphatic carbocycles. The molecule has 0 heterocycles. The van der Waals surface area contributed by atoms with E-state index in [0.29, 0.717) is 18.4 Å². The first-order valence-corrected chi connectivity index (χ1v) is 7.30. The van der Waals surface area contributed by atoms with Crippen molar-refractivity contribution in [3.8, 4) is 0 Å². The molecular weight excluding hydrogens is 244 g/mol. The summed E-state index contributed by atoms with van der Waals surface area (Å²) in [5, 5.41) is 2.69. The molecule has 0 aliphatic heterocycles. The average Bonchev–Trinajstić information content (AvgIpc) is 2.36. The maximum atomic E-state index is 12.1. The maximum Gasteiger partial charge on any atom is 0.325 e. The lowest BCUT2D eigenvalue weighted by Gasteiger charge is -2.43. The highest BCUT2D eigenvalue weighted by Gasteiger charge is 2.40. The smallest absolute Gasteiger partial charge is 0.325 e. The molecule has 0 saturated heterocycles. The Morgan fingerprint density at radius 2 is 1.89 bits per heavy atom. The van der Waals surface area contributed by atoms with E-state index in [1.54, 1.807) is 6.92 Å². The summed E-state index contributed by atoms with van der Waals surface area (Å²) in [6.07, 6.45) is 5.25. The highest BCUT2D eigenvalue weighted by atomic mass is 16.5. The second-order valence-electron chi connectivity index (χ2n) is 5.72. The molecule has 2 fully saturated rings. The molecule has 0 spiro atoms. The van der Waals surface area contributed by atoms with Crippen LogP contribution in [0.15, 0.2) is 0 Å².